The number of nitrogens with two attached hydrogens (primary N) is 1. The largest absolute Gasteiger partial charge is 0.411 e. The van der Waals surface area contributed by atoms with Gasteiger partial charge in [-0.15, -0.1) is 0 Å². The summed E-state index contributed by atoms with van der Waals surface area (Å²) >= 11 is 5.81. The molecule has 6 heteroatoms. The van der Waals surface area contributed by atoms with Crippen LogP contribution in [0.3, 0.4) is 0 Å². The Bertz CT molecular complexity index is 384. The molecule has 0 aliphatic heterocycles. The van der Waals surface area contributed by atoms with Crippen molar-refractivity contribution in [2.24, 2.45) is 5.73 Å². The Hall–Kier alpha value is -0.780. The zero-order valence-electron chi connectivity index (χ0n) is 9.88. The van der Waals surface area contributed by atoms with Gasteiger partial charge in [-0.2, -0.15) is 13.2 Å². The van der Waals surface area contributed by atoms with Gasteiger partial charge in [-0.3, -0.25) is 0 Å². The highest BCUT2D eigenvalue weighted by Gasteiger charge is 2.31. The van der Waals surface area contributed by atoms with Crippen LogP contribution in [0.25, 0.3) is 0 Å². The van der Waals surface area contributed by atoms with Gasteiger partial charge in [-0.25, -0.2) is 0 Å². The van der Waals surface area contributed by atoms with Crippen molar-refractivity contribution in [1.29, 1.82) is 0 Å². The fourth-order valence-corrected chi connectivity index (χ4v) is 1.75. The van der Waals surface area contributed by atoms with E-state index in [1.807, 2.05) is 0 Å². The summed E-state index contributed by atoms with van der Waals surface area (Å²) in [6.07, 6.45) is -4.67. The first-order chi connectivity index (χ1) is 8.33. The van der Waals surface area contributed by atoms with Crippen LogP contribution >= 0.6 is 11.6 Å². The summed E-state index contributed by atoms with van der Waals surface area (Å²) in [6, 6.07) is 6.01. The Morgan fingerprint density at radius 1 is 1.39 bits per heavy atom. The Morgan fingerprint density at radius 3 is 2.56 bits per heavy atom. The quantitative estimate of drug-likeness (QED) is 0.893. The minimum Gasteiger partial charge on any atom is -0.362 e. The van der Waals surface area contributed by atoms with E-state index < -0.39 is 24.9 Å². The molecule has 2 atom stereocenters. The third kappa shape index (κ3) is 4.84. The van der Waals surface area contributed by atoms with E-state index in [0.29, 0.717) is 17.0 Å². The maximum absolute atomic E-state index is 12.2. The lowest BCUT2D eigenvalue weighted by Crippen LogP contribution is -2.32. The van der Waals surface area contributed by atoms with Crippen LogP contribution in [0, 0.1) is 0 Å². The average molecular weight is 282 g/mol. The van der Waals surface area contributed by atoms with Gasteiger partial charge in [0.15, 0.2) is 0 Å². The summed E-state index contributed by atoms with van der Waals surface area (Å²) in [5, 5.41) is 0.441. The van der Waals surface area contributed by atoms with Crippen molar-refractivity contribution < 1.29 is 17.9 Å². The first-order valence-corrected chi connectivity index (χ1v) is 5.90. The lowest BCUT2D eigenvalue weighted by atomic mass is 10.0. The number of hydrogen-bond donors (Lipinski definition) is 1. The normalized spacial score (nSPS) is 15.4. The summed E-state index contributed by atoms with van der Waals surface area (Å²) in [7, 11) is 0. The minimum absolute atomic E-state index is 0.441. The third-order valence-electron chi connectivity index (χ3n) is 2.46. The second-order valence-electron chi connectivity index (χ2n) is 3.97. The summed E-state index contributed by atoms with van der Waals surface area (Å²) in [5.74, 6) is 0. The molecule has 0 aliphatic carbocycles. The molecule has 0 heterocycles. The van der Waals surface area contributed by atoms with Crippen molar-refractivity contribution >= 4 is 11.6 Å². The van der Waals surface area contributed by atoms with Gasteiger partial charge in [0.1, 0.15) is 6.61 Å². The van der Waals surface area contributed by atoms with Crippen LogP contribution in [0.5, 0.6) is 0 Å². The molecule has 0 aromatic heterocycles. The molecular formula is C12H15ClF3NO. The highest BCUT2D eigenvalue weighted by molar-refractivity contribution is 6.30. The molecule has 2 nitrogen and oxygen atoms in total. The smallest absolute Gasteiger partial charge is 0.362 e. The minimum atomic E-state index is -4.37. The molecule has 0 fully saturated rings. The number of rotatable bonds is 5. The Kier molecular flexibility index (Phi) is 5.44. The van der Waals surface area contributed by atoms with E-state index in [0.717, 1.165) is 0 Å². The molecule has 102 valence electrons. The molecule has 0 saturated carbocycles. The molecule has 0 radical (unpaired) electrons. The van der Waals surface area contributed by atoms with Gasteiger partial charge in [0.05, 0.1) is 6.10 Å². The maximum atomic E-state index is 12.2. The molecule has 1 aromatic carbocycles. The monoisotopic (exact) mass is 281 g/mol. The molecule has 1 rings (SSSR count). The zero-order valence-corrected chi connectivity index (χ0v) is 10.6. The van der Waals surface area contributed by atoms with E-state index in [4.69, 9.17) is 22.1 Å². The molecule has 2 unspecified atom stereocenters. The first-order valence-electron chi connectivity index (χ1n) is 5.53. The lowest BCUT2D eigenvalue weighted by Gasteiger charge is -2.24. The fraction of sp³-hybridized carbons (Fsp3) is 0.500. The Balaban J connectivity index is 2.85. The van der Waals surface area contributed by atoms with Crippen LogP contribution in [0.2, 0.25) is 5.02 Å². The highest BCUT2D eigenvalue weighted by atomic mass is 35.5. The van der Waals surface area contributed by atoms with Crippen molar-refractivity contribution in [3.8, 4) is 0 Å². The Labute approximate surface area is 109 Å². The standard InChI is InChI=1S/C12H15ClF3NO/c1-2-10(17)11(18-7-12(14,15)16)8-4-3-5-9(13)6-8/h3-6,10-11H,2,7,17H2,1H3. The number of hydrogen-bond acceptors (Lipinski definition) is 2. The predicted octanol–water partition coefficient (Wildman–Crippen LogP) is 3.70. The van der Waals surface area contributed by atoms with Gasteiger partial charge < -0.3 is 10.5 Å². The van der Waals surface area contributed by atoms with Crippen molar-refractivity contribution in [3.63, 3.8) is 0 Å². The summed E-state index contributed by atoms with van der Waals surface area (Å²) in [6.45, 7) is 0.469. The van der Waals surface area contributed by atoms with Crippen LogP contribution in [0.15, 0.2) is 24.3 Å². The second-order valence-corrected chi connectivity index (χ2v) is 4.41. The van der Waals surface area contributed by atoms with E-state index in [1.165, 1.54) is 0 Å². The summed E-state index contributed by atoms with van der Waals surface area (Å²) in [4.78, 5) is 0. The lowest BCUT2D eigenvalue weighted by molar-refractivity contribution is -0.188. The SMILES string of the molecule is CCC(N)C(OCC(F)(F)F)c1cccc(Cl)c1. The van der Waals surface area contributed by atoms with E-state index in [9.17, 15) is 13.2 Å². The van der Waals surface area contributed by atoms with Crippen molar-refractivity contribution in [3.05, 3.63) is 34.9 Å². The van der Waals surface area contributed by atoms with Crippen LogP contribution in [0.1, 0.15) is 25.0 Å². The van der Waals surface area contributed by atoms with Gasteiger partial charge in [-0.1, -0.05) is 30.7 Å². The summed E-state index contributed by atoms with van der Waals surface area (Å²) < 4.78 is 41.5. The van der Waals surface area contributed by atoms with E-state index in [2.05, 4.69) is 0 Å². The number of benzene rings is 1. The molecule has 0 saturated heterocycles. The fourth-order valence-electron chi connectivity index (χ4n) is 1.55. The van der Waals surface area contributed by atoms with Crippen LogP contribution < -0.4 is 5.73 Å². The van der Waals surface area contributed by atoms with Gasteiger partial charge >= 0.3 is 6.18 Å². The summed E-state index contributed by atoms with van der Waals surface area (Å²) in [5.41, 5.74) is 6.35. The molecule has 0 bridgehead atoms. The molecular weight excluding hydrogens is 267 g/mol. The van der Waals surface area contributed by atoms with E-state index >= 15 is 0 Å². The average Bonchev–Trinajstić information content (AvgIpc) is 2.27. The molecule has 2 N–H and O–H groups in total. The van der Waals surface area contributed by atoms with Gasteiger partial charge in [0, 0.05) is 11.1 Å². The molecule has 18 heavy (non-hydrogen) atoms. The van der Waals surface area contributed by atoms with Gasteiger partial charge in [0.25, 0.3) is 0 Å². The van der Waals surface area contributed by atoms with Crippen molar-refractivity contribution in [2.45, 2.75) is 31.7 Å². The molecule has 0 amide bonds. The number of alkyl halides is 3. The maximum Gasteiger partial charge on any atom is 0.411 e. The molecule has 0 spiro atoms. The van der Waals surface area contributed by atoms with Crippen LogP contribution in [-0.4, -0.2) is 18.8 Å². The molecule has 0 aliphatic rings. The van der Waals surface area contributed by atoms with Gasteiger partial charge in [-0.05, 0) is 24.1 Å². The van der Waals surface area contributed by atoms with Crippen LogP contribution in [-0.2, 0) is 4.74 Å². The van der Waals surface area contributed by atoms with E-state index in [-0.39, 0.29) is 0 Å². The Morgan fingerprint density at radius 2 is 2.06 bits per heavy atom. The highest BCUT2D eigenvalue weighted by Crippen LogP contribution is 2.27. The topological polar surface area (TPSA) is 35.2 Å². The molecule has 1 aromatic rings. The zero-order chi connectivity index (χ0) is 13.8. The van der Waals surface area contributed by atoms with Crippen molar-refractivity contribution in [1.82, 2.24) is 0 Å². The predicted molar refractivity (Wildman–Crippen MR) is 64.5 cm³/mol. The van der Waals surface area contributed by atoms with Crippen LogP contribution in [0.4, 0.5) is 13.2 Å². The van der Waals surface area contributed by atoms with Crippen molar-refractivity contribution in [2.75, 3.05) is 6.61 Å². The number of ether oxygens (including phenoxy) is 1. The second kappa shape index (κ2) is 6.41. The first kappa shape index (κ1) is 15.3. The van der Waals surface area contributed by atoms with Gasteiger partial charge in [0.2, 0.25) is 0 Å². The third-order valence-corrected chi connectivity index (χ3v) is 2.70. The van der Waals surface area contributed by atoms with E-state index in [1.54, 1.807) is 31.2 Å². The number of halogens is 4.